The molecule has 12 nitrogen and oxygen atoms in total. The van der Waals surface area contributed by atoms with E-state index in [2.05, 4.69) is 37.4 Å². The van der Waals surface area contributed by atoms with Crippen LogP contribution in [0.1, 0.15) is 56.9 Å². The number of nitrogens with one attached hydrogen (secondary N) is 3. The van der Waals surface area contributed by atoms with Gasteiger partial charge in [-0.2, -0.15) is 0 Å². The molecule has 2 aliphatic rings. The molecule has 6 aromatic rings. The first-order chi connectivity index (χ1) is 25.7. The minimum Gasteiger partial charge on any atom is -0.350 e. The number of nitrogens with zero attached hydrogens (tertiary/aromatic N) is 4. The normalized spacial score (nSPS) is 15.2. The van der Waals surface area contributed by atoms with E-state index in [9.17, 15) is 24.0 Å². The number of imide groups is 1. The van der Waals surface area contributed by atoms with Crippen LogP contribution in [0, 0.1) is 18.8 Å². The van der Waals surface area contributed by atoms with Gasteiger partial charge in [0.1, 0.15) is 17.4 Å². The zero-order valence-corrected chi connectivity index (χ0v) is 28.5. The van der Waals surface area contributed by atoms with Crippen molar-refractivity contribution in [3.63, 3.8) is 0 Å². The predicted octanol–water partition coefficient (Wildman–Crippen LogP) is 4.44. The first kappa shape index (κ1) is 33.2. The number of piperidine rings is 1. The van der Waals surface area contributed by atoms with Gasteiger partial charge >= 0.3 is 0 Å². The van der Waals surface area contributed by atoms with Crippen molar-refractivity contribution in [2.75, 3.05) is 6.54 Å². The highest BCUT2D eigenvalue weighted by molar-refractivity contribution is 6.06. The van der Waals surface area contributed by atoms with E-state index in [0.717, 1.165) is 33.0 Å². The Hall–Kier alpha value is -7.00. The third-order valence-corrected chi connectivity index (χ3v) is 9.58. The number of aromatic nitrogens is 4. The molecule has 0 radical (unpaired) electrons. The lowest BCUT2D eigenvalue weighted by Gasteiger charge is -2.29. The average Bonchev–Trinajstić information content (AvgIpc) is 3.50. The molecule has 3 aromatic carbocycles. The Morgan fingerprint density at radius 3 is 2.58 bits per heavy atom. The highest BCUT2D eigenvalue weighted by Crippen LogP contribution is 2.34. The number of carbonyl (C=O) groups is 4. The molecule has 0 aliphatic carbocycles. The van der Waals surface area contributed by atoms with Gasteiger partial charge in [0.15, 0.2) is 0 Å². The molecule has 260 valence electrons. The highest BCUT2D eigenvalue weighted by atomic mass is 16.2. The van der Waals surface area contributed by atoms with E-state index in [1.54, 1.807) is 31.3 Å². The molecular formula is C41H31N7O5. The largest absolute Gasteiger partial charge is 0.350 e. The Morgan fingerprint density at radius 2 is 1.75 bits per heavy atom. The lowest BCUT2D eigenvalue weighted by Crippen LogP contribution is -2.52. The van der Waals surface area contributed by atoms with Crippen LogP contribution >= 0.6 is 0 Å². The molecule has 0 bridgehead atoms. The van der Waals surface area contributed by atoms with Crippen molar-refractivity contribution in [1.29, 1.82) is 0 Å². The molecule has 12 heteroatoms. The topological polar surface area (TPSA) is 167 Å². The Labute approximate surface area is 302 Å². The number of para-hydroxylation sites is 1. The van der Waals surface area contributed by atoms with Gasteiger partial charge in [0.05, 0.1) is 16.7 Å². The van der Waals surface area contributed by atoms with Crippen molar-refractivity contribution in [2.24, 2.45) is 0 Å². The number of hydrogen-bond donors (Lipinski definition) is 3. The first-order valence-electron chi connectivity index (χ1n) is 17.1. The lowest BCUT2D eigenvalue weighted by atomic mass is 9.97. The van der Waals surface area contributed by atoms with E-state index in [1.165, 1.54) is 4.90 Å². The zero-order chi connectivity index (χ0) is 36.6. The number of benzene rings is 3. The number of rotatable bonds is 6. The average molecular weight is 702 g/mol. The summed E-state index contributed by atoms with van der Waals surface area (Å²) in [5.41, 5.74) is 7.06. The van der Waals surface area contributed by atoms with Crippen molar-refractivity contribution in [3.8, 4) is 34.2 Å². The van der Waals surface area contributed by atoms with Gasteiger partial charge in [-0.3, -0.25) is 39.3 Å². The van der Waals surface area contributed by atoms with Crippen molar-refractivity contribution in [2.45, 2.75) is 38.8 Å². The standard InChI is InChI=1S/C41H31N7O5/c1-23-38(50)46-32-13-6-11-28(37(32)45-23)27-10-5-9-25-19-34(44-21-30(25)27)26-14-15-33(43-20-26)39(51)42-18-3-2-7-24-8-4-12-29-31(24)22-48(41(29)53)35-16-17-36(49)47-40(35)52/h4-6,8-15,19-21,35H,3,16-18,22H2,1H3,(H,42,51)(H,46,50)(H,47,49,52). The number of hydrogen-bond acceptors (Lipinski definition) is 8. The predicted molar refractivity (Wildman–Crippen MR) is 197 cm³/mol. The van der Waals surface area contributed by atoms with E-state index in [1.807, 2.05) is 60.8 Å². The molecule has 2 aliphatic heterocycles. The summed E-state index contributed by atoms with van der Waals surface area (Å²) in [4.78, 5) is 80.1. The van der Waals surface area contributed by atoms with Crippen LogP contribution in [0.5, 0.6) is 0 Å². The van der Waals surface area contributed by atoms with Crippen LogP contribution in [-0.2, 0) is 16.1 Å². The molecule has 1 unspecified atom stereocenters. The molecule has 8 rings (SSSR count). The van der Waals surface area contributed by atoms with Crippen LogP contribution in [0.3, 0.4) is 0 Å². The number of aryl methyl sites for hydroxylation is 1. The molecule has 1 atom stereocenters. The van der Waals surface area contributed by atoms with E-state index >= 15 is 0 Å². The molecule has 3 aromatic heterocycles. The molecule has 0 spiro atoms. The number of fused-ring (bicyclic) bond motifs is 3. The summed E-state index contributed by atoms with van der Waals surface area (Å²) in [5.74, 6) is 4.81. The van der Waals surface area contributed by atoms with Gasteiger partial charge in [-0.25, -0.2) is 4.98 Å². The minimum atomic E-state index is -0.692. The second-order valence-electron chi connectivity index (χ2n) is 12.9. The molecular weight excluding hydrogens is 670 g/mol. The summed E-state index contributed by atoms with van der Waals surface area (Å²) < 4.78 is 0. The number of pyridine rings is 2. The second kappa shape index (κ2) is 13.6. The lowest BCUT2D eigenvalue weighted by molar-refractivity contribution is -0.136. The van der Waals surface area contributed by atoms with Gasteiger partial charge in [-0.05, 0) is 66.3 Å². The minimum absolute atomic E-state index is 0.190. The molecule has 53 heavy (non-hydrogen) atoms. The fourth-order valence-corrected chi connectivity index (χ4v) is 6.85. The van der Waals surface area contributed by atoms with E-state index in [-0.39, 0.29) is 41.9 Å². The van der Waals surface area contributed by atoms with Gasteiger partial charge < -0.3 is 15.2 Å². The van der Waals surface area contributed by atoms with Gasteiger partial charge in [-0.1, -0.05) is 48.2 Å². The third-order valence-electron chi connectivity index (χ3n) is 9.58. The molecule has 5 heterocycles. The second-order valence-corrected chi connectivity index (χ2v) is 12.9. The van der Waals surface area contributed by atoms with Gasteiger partial charge in [0.2, 0.25) is 11.8 Å². The molecule has 0 saturated carbocycles. The molecule has 4 amide bonds. The van der Waals surface area contributed by atoms with Crippen molar-refractivity contribution >= 4 is 45.4 Å². The highest BCUT2D eigenvalue weighted by Gasteiger charge is 2.39. The Balaban J connectivity index is 0.913. The third kappa shape index (κ3) is 6.29. The Bertz CT molecular complexity index is 2640. The fraction of sp³-hybridized carbons (Fsp3) is 0.171. The van der Waals surface area contributed by atoms with E-state index < -0.39 is 11.9 Å². The van der Waals surface area contributed by atoms with Crippen LogP contribution < -0.4 is 16.2 Å². The van der Waals surface area contributed by atoms with Crippen LogP contribution in [0.4, 0.5) is 0 Å². The van der Waals surface area contributed by atoms with Gasteiger partial charge in [-0.15, -0.1) is 0 Å². The number of amides is 4. The summed E-state index contributed by atoms with van der Waals surface area (Å²) in [6.07, 6.45) is 4.29. The summed E-state index contributed by atoms with van der Waals surface area (Å²) in [7, 11) is 0. The summed E-state index contributed by atoms with van der Waals surface area (Å²) in [6.45, 7) is 2.23. The molecule has 1 saturated heterocycles. The van der Waals surface area contributed by atoms with E-state index in [0.29, 0.717) is 52.9 Å². The van der Waals surface area contributed by atoms with Crippen LogP contribution in [-0.4, -0.2) is 61.1 Å². The maximum absolute atomic E-state index is 13.1. The number of carbonyl (C=O) groups excluding carboxylic acids is 4. The van der Waals surface area contributed by atoms with Gasteiger partial charge in [0, 0.05) is 66.0 Å². The molecule has 3 N–H and O–H groups in total. The smallest absolute Gasteiger partial charge is 0.269 e. The summed E-state index contributed by atoms with van der Waals surface area (Å²) in [6, 6.07) is 21.7. The number of H-pyrrole nitrogens is 1. The SMILES string of the molecule is Cc1nc2c(-c3cccc4cc(-c5ccc(C(=O)NCCC#Cc6cccc7c6CN(C6CCC(=O)NC6=O)C7=O)nc5)ncc34)cccc2[nH]c1=O. The Kier molecular flexibility index (Phi) is 8.52. The van der Waals surface area contributed by atoms with Crippen molar-refractivity contribution in [3.05, 3.63) is 124 Å². The summed E-state index contributed by atoms with van der Waals surface area (Å²) in [5, 5.41) is 7.06. The van der Waals surface area contributed by atoms with Crippen molar-refractivity contribution in [1.82, 2.24) is 35.5 Å². The summed E-state index contributed by atoms with van der Waals surface area (Å²) >= 11 is 0. The maximum Gasteiger partial charge on any atom is 0.269 e. The van der Waals surface area contributed by atoms with Crippen LogP contribution in [0.2, 0.25) is 0 Å². The van der Waals surface area contributed by atoms with Crippen LogP contribution in [0.25, 0.3) is 44.2 Å². The number of aromatic amines is 1. The zero-order valence-electron chi connectivity index (χ0n) is 28.5. The molecule has 1 fully saturated rings. The quantitative estimate of drug-likeness (QED) is 0.130. The fourth-order valence-electron chi connectivity index (χ4n) is 6.85. The first-order valence-corrected chi connectivity index (χ1v) is 17.1. The Morgan fingerprint density at radius 1 is 0.943 bits per heavy atom. The van der Waals surface area contributed by atoms with Gasteiger partial charge in [0.25, 0.3) is 17.4 Å². The monoisotopic (exact) mass is 701 g/mol. The van der Waals surface area contributed by atoms with E-state index in [4.69, 9.17) is 4.98 Å². The van der Waals surface area contributed by atoms with Crippen molar-refractivity contribution < 1.29 is 19.2 Å². The maximum atomic E-state index is 13.1. The van der Waals surface area contributed by atoms with Crippen LogP contribution in [0.15, 0.2) is 90.0 Å².